The lowest BCUT2D eigenvalue weighted by atomic mass is 10.2. The molecule has 0 atom stereocenters. The van der Waals surface area contributed by atoms with Crippen molar-refractivity contribution in [2.45, 2.75) is 32.7 Å². The van der Waals surface area contributed by atoms with Crippen molar-refractivity contribution < 1.29 is 14.0 Å². The lowest BCUT2D eigenvalue weighted by molar-refractivity contribution is -0.121. The van der Waals surface area contributed by atoms with Crippen LogP contribution >= 0.6 is 11.3 Å². The van der Waals surface area contributed by atoms with Crippen LogP contribution in [0, 0.1) is 0 Å². The summed E-state index contributed by atoms with van der Waals surface area (Å²) in [6.07, 6.45) is 3.95. The fraction of sp³-hybridized carbons (Fsp3) is 0.333. The quantitative estimate of drug-likeness (QED) is 0.796. The third-order valence-electron chi connectivity index (χ3n) is 2.85. The van der Waals surface area contributed by atoms with Crippen molar-refractivity contribution >= 4 is 23.0 Å². The zero-order valence-corrected chi connectivity index (χ0v) is 12.2. The highest BCUT2D eigenvalue weighted by Crippen LogP contribution is 2.20. The fourth-order valence-electron chi connectivity index (χ4n) is 1.74. The number of amides is 1. The molecule has 4 nitrogen and oxygen atoms in total. The van der Waals surface area contributed by atoms with E-state index in [4.69, 9.17) is 4.42 Å². The summed E-state index contributed by atoms with van der Waals surface area (Å²) < 4.78 is 5.09. The topological polar surface area (TPSA) is 59.3 Å². The Hall–Kier alpha value is -1.88. The maximum Gasteiger partial charge on any atom is 0.238 e. The first-order chi connectivity index (χ1) is 9.70. The van der Waals surface area contributed by atoms with E-state index in [1.165, 1.54) is 17.6 Å². The molecule has 0 aliphatic heterocycles. The second kappa shape index (κ2) is 7.05. The molecule has 0 radical (unpaired) electrons. The van der Waals surface area contributed by atoms with Gasteiger partial charge in [-0.25, -0.2) is 0 Å². The van der Waals surface area contributed by atoms with Gasteiger partial charge in [0.15, 0.2) is 5.76 Å². The van der Waals surface area contributed by atoms with E-state index >= 15 is 0 Å². The molecular formula is C15H17NO3S. The average Bonchev–Trinajstić information content (AvgIpc) is 3.12. The number of ketones is 1. The Bertz CT molecular complexity index is 572. The second-order valence-corrected chi connectivity index (χ2v) is 5.62. The van der Waals surface area contributed by atoms with Crippen LogP contribution in [-0.2, 0) is 11.3 Å². The molecule has 0 aliphatic rings. The lowest BCUT2D eigenvalue weighted by Gasteiger charge is -2.02. The Morgan fingerprint density at radius 1 is 1.30 bits per heavy atom. The van der Waals surface area contributed by atoms with Gasteiger partial charge in [0.05, 0.1) is 17.7 Å². The molecule has 0 aliphatic carbocycles. The molecule has 1 N–H and O–H groups in total. The number of furan rings is 1. The van der Waals surface area contributed by atoms with E-state index in [2.05, 4.69) is 12.2 Å². The lowest BCUT2D eigenvalue weighted by Crippen LogP contribution is -2.21. The van der Waals surface area contributed by atoms with Gasteiger partial charge in [0.2, 0.25) is 11.7 Å². The SMILES string of the molecule is CCCCC(=O)NCc1ccc(C(=O)c2ccco2)s1. The molecule has 0 saturated carbocycles. The van der Waals surface area contributed by atoms with Gasteiger partial charge in [-0.1, -0.05) is 13.3 Å². The molecule has 0 spiro atoms. The van der Waals surface area contributed by atoms with Gasteiger partial charge in [-0.15, -0.1) is 11.3 Å². The van der Waals surface area contributed by atoms with Gasteiger partial charge in [0.1, 0.15) is 0 Å². The average molecular weight is 291 g/mol. The van der Waals surface area contributed by atoms with Crippen LogP contribution in [0.4, 0.5) is 0 Å². The van der Waals surface area contributed by atoms with Gasteiger partial charge in [-0.05, 0) is 30.7 Å². The molecule has 2 aromatic heterocycles. The minimum atomic E-state index is -0.122. The Morgan fingerprint density at radius 3 is 2.85 bits per heavy atom. The summed E-state index contributed by atoms with van der Waals surface area (Å²) in [6, 6.07) is 6.97. The summed E-state index contributed by atoms with van der Waals surface area (Å²) in [4.78, 5) is 25.1. The summed E-state index contributed by atoms with van der Waals surface area (Å²) in [5.41, 5.74) is 0. The molecule has 0 unspecified atom stereocenters. The predicted octanol–water partition coefficient (Wildman–Crippen LogP) is 3.38. The number of rotatable bonds is 7. The molecule has 20 heavy (non-hydrogen) atoms. The van der Waals surface area contributed by atoms with Gasteiger partial charge < -0.3 is 9.73 Å². The van der Waals surface area contributed by atoms with Gasteiger partial charge >= 0.3 is 0 Å². The normalized spacial score (nSPS) is 10.4. The number of hydrogen-bond donors (Lipinski definition) is 1. The zero-order chi connectivity index (χ0) is 14.4. The third-order valence-corrected chi connectivity index (χ3v) is 3.93. The molecule has 5 heteroatoms. The van der Waals surface area contributed by atoms with Gasteiger partial charge in [-0.2, -0.15) is 0 Å². The van der Waals surface area contributed by atoms with Crippen molar-refractivity contribution in [3.63, 3.8) is 0 Å². The van der Waals surface area contributed by atoms with Crippen molar-refractivity contribution in [2.24, 2.45) is 0 Å². The number of thiophene rings is 1. The van der Waals surface area contributed by atoms with Crippen LogP contribution in [0.15, 0.2) is 34.9 Å². The number of hydrogen-bond acceptors (Lipinski definition) is 4. The van der Waals surface area contributed by atoms with Crippen LogP contribution in [0.5, 0.6) is 0 Å². The van der Waals surface area contributed by atoms with Crippen LogP contribution in [0.1, 0.15) is 46.5 Å². The largest absolute Gasteiger partial charge is 0.461 e. The minimum Gasteiger partial charge on any atom is -0.461 e. The van der Waals surface area contributed by atoms with Gasteiger partial charge in [0.25, 0.3) is 0 Å². The Balaban J connectivity index is 1.89. The smallest absolute Gasteiger partial charge is 0.238 e. The molecular weight excluding hydrogens is 274 g/mol. The predicted molar refractivity (Wildman–Crippen MR) is 77.8 cm³/mol. The molecule has 0 aromatic carbocycles. The van der Waals surface area contributed by atoms with E-state index in [-0.39, 0.29) is 11.7 Å². The Morgan fingerprint density at radius 2 is 2.15 bits per heavy atom. The molecule has 2 rings (SSSR count). The van der Waals surface area contributed by atoms with Crippen LogP contribution < -0.4 is 5.32 Å². The Kier molecular flexibility index (Phi) is 5.12. The monoisotopic (exact) mass is 291 g/mol. The first kappa shape index (κ1) is 14.5. The highest BCUT2D eigenvalue weighted by atomic mass is 32.1. The van der Waals surface area contributed by atoms with E-state index in [1.54, 1.807) is 18.2 Å². The van der Waals surface area contributed by atoms with Crippen molar-refractivity contribution in [2.75, 3.05) is 0 Å². The van der Waals surface area contributed by atoms with Crippen molar-refractivity contribution in [3.8, 4) is 0 Å². The molecule has 0 saturated heterocycles. The van der Waals surface area contributed by atoms with Crippen LogP contribution in [-0.4, -0.2) is 11.7 Å². The first-order valence-corrected chi connectivity index (χ1v) is 7.46. The number of carbonyl (C=O) groups excluding carboxylic acids is 2. The zero-order valence-electron chi connectivity index (χ0n) is 11.3. The molecule has 106 valence electrons. The van der Waals surface area contributed by atoms with Crippen molar-refractivity contribution in [1.82, 2.24) is 5.32 Å². The van der Waals surface area contributed by atoms with Gasteiger partial charge in [-0.3, -0.25) is 9.59 Å². The molecule has 0 fully saturated rings. The molecule has 2 heterocycles. The second-order valence-electron chi connectivity index (χ2n) is 4.45. The van der Waals surface area contributed by atoms with E-state index in [9.17, 15) is 9.59 Å². The number of nitrogens with one attached hydrogen (secondary N) is 1. The van der Waals surface area contributed by atoms with Crippen LogP contribution in [0.3, 0.4) is 0 Å². The fourth-order valence-corrected chi connectivity index (χ4v) is 2.63. The van der Waals surface area contributed by atoms with Crippen LogP contribution in [0.25, 0.3) is 0 Å². The van der Waals surface area contributed by atoms with Crippen LogP contribution in [0.2, 0.25) is 0 Å². The first-order valence-electron chi connectivity index (χ1n) is 6.64. The standard InChI is InChI=1S/C15H17NO3S/c1-2-3-6-14(17)16-10-11-7-8-13(20-11)15(18)12-5-4-9-19-12/h4-5,7-9H,2-3,6,10H2,1H3,(H,16,17). The van der Waals surface area contributed by atoms with Gasteiger partial charge in [0, 0.05) is 11.3 Å². The van der Waals surface area contributed by atoms with E-state index in [1.807, 2.05) is 6.07 Å². The summed E-state index contributed by atoms with van der Waals surface area (Å²) in [6.45, 7) is 2.53. The third kappa shape index (κ3) is 3.81. The highest BCUT2D eigenvalue weighted by molar-refractivity contribution is 7.14. The Labute approximate surface area is 121 Å². The molecule has 0 bridgehead atoms. The summed E-state index contributed by atoms with van der Waals surface area (Å²) in [7, 11) is 0. The molecule has 1 amide bonds. The number of carbonyl (C=O) groups is 2. The summed E-state index contributed by atoms with van der Waals surface area (Å²) >= 11 is 1.38. The minimum absolute atomic E-state index is 0.0548. The van der Waals surface area contributed by atoms with E-state index < -0.39 is 0 Å². The number of unbranched alkanes of at least 4 members (excludes halogenated alkanes) is 1. The summed E-state index contributed by atoms with van der Waals surface area (Å²) in [5, 5.41) is 2.86. The maximum atomic E-state index is 12.0. The van der Waals surface area contributed by atoms with Crippen molar-refractivity contribution in [1.29, 1.82) is 0 Å². The maximum absolute atomic E-state index is 12.0. The van der Waals surface area contributed by atoms with Crippen molar-refractivity contribution in [3.05, 3.63) is 46.0 Å². The molecule has 2 aromatic rings. The van der Waals surface area contributed by atoms with E-state index in [0.717, 1.165) is 17.7 Å². The summed E-state index contributed by atoms with van der Waals surface area (Å²) in [5.74, 6) is 0.271. The highest BCUT2D eigenvalue weighted by Gasteiger charge is 2.14. The van der Waals surface area contributed by atoms with E-state index in [0.29, 0.717) is 23.6 Å².